The molecule has 2 aliphatic rings. The van der Waals surface area contributed by atoms with Gasteiger partial charge in [-0.1, -0.05) is 6.42 Å². The fourth-order valence-corrected chi connectivity index (χ4v) is 5.90. The van der Waals surface area contributed by atoms with E-state index < -0.39 is 48.3 Å². The first-order chi connectivity index (χ1) is 17.6. The summed E-state index contributed by atoms with van der Waals surface area (Å²) in [5.41, 5.74) is 0. The van der Waals surface area contributed by atoms with Crippen molar-refractivity contribution in [1.29, 1.82) is 0 Å². The zero-order valence-electron chi connectivity index (χ0n) is 19.8. The third kappa shape index (κ3) is 10.4. The number of rotatable bonds is 17. The summed E-state index contributed by atoms with van der Waals surface area (Å²) in [6.45, 7) is -0.689. The van der Waals surface area contributed by atoms with Gasteiger partial charge >= 0.3 is 18.0 Å². The number of nitrogens with zero attached hydrogens (tertiary/aromatic N) is 1. The Kier molecular flexibility index (Phi) is 12.4. The molecule has 0 aromatic heterocycles. The predicted octanol–water partition coefficient (Wildman–Crippen LogP) is -0.838. The number of aliphatic carboxylic acids is 2. The molecule has 5 amide bonds. The molecule has 5 atom stereocenters. The lowest BCUT2D eigenvalue weighted by molar-refractivity contribution is -0.142. The van der Waals surface area contributed by atoms with E-state index in [0.717, 1.165) is 18.6 Å². The zero-order valence-corrected chi connectivity index (χ0v) is 21.4. The number of urea groups is 1. The van der Waals surface area contributed by atoms with Crippen LogP contribution in [-0.4, -0.2) is 93.4 Å². The topological polar surface area (TPSA) is 232 Å². The number of thioether (sulfide) groups is 1. The lowest BCUT2D eigenvalue weighted by Gasteiger charge is -2.18. The SMILES string of the molecule is O=NSC[C@H](NC(=O)CCC(NC(=O)CCCC[C@@H]1SC[C@@H]2NC(=O)N[C@@H]21)C(=O)O)C(=O)NCC(=O)O. The Morgan fingerprint density at radius 1 is 1.05 bits per heavy atom. The molecule has 0 spiro atoms. The van der Waals surface area contributed by atoms with E-state index in [1.54, 1.807) is 11.8 Å². The van der Waals surface area contributed by atoms with Crippen LogP contribution in [0.2, 0.25) is 0 Å². The van der Waals surface area contributed by atoms with Crippen LogP contribution in [0.3, 0.4) is 0 Å². The van der Waals surface area contributed by atoms with Crippen LogP contribution in [0.25, 0.3) is 0 Å². The Morgan fingerprint density at radius 2 is 1.76 bits per heavy atom. The summed E-state index contributed by atoms with van der Waals surface area (Å²) in [4.78, 5) is 80.5. The fraction of sp³-hybridized carbons (Fsp3) is 0.700. The molecule has 7 N–H and O–H groups in total. The monoisotopic (exact) mass is 562 g/mol. The van der Waals surface area contributed by atoms with Gasteiger partial charge in [0.05, 0.1) is 12.1 Å². The standard InChI is InChI=1S/C20H30N6O9S2/c27-14(4-2-1-3-13-17-11(8-36-13)24-20(34)25-17)22-10(19(32)33)5-6-15(28)23-12(9-37-26-35)18(31)21-7-16(29)30/h10-13,17H,1-9H2,(H,21,31)(H,22,27)(H,23,28)(H,29,30)(H,32,33)(H2,24,25,34)/t10?,11-,12-,13-,17-/m0/s1. The number of carboxylic acid groups (broad SMARTS) is 2. The minimum Gasteiger partial charge on any atom is -0.480 e. The summed E-state index contributed by atoms with van der Waals surface area (Å²) in [5, 5.41) is 30.9. The molecule has 0 bridgehead atoms. The van der Waals surface area contributed by atoms with E-state index >= 15 is 0 Å². The van der Waals surface area contributed by atoms with Crippen LogP contribution in [0.15, 0.2) is 4.58 Å². The summed E-state index contributed by atoms with van der Waals surface area (Å²) < 4.78 is 2.53. The molecule has 17 heteroatoms. The maximum absolute atomic E-state index is 12.2. The third-order valence-electron chi connectivity index (χ3n) is 5.73. The first-order valence-corrected chi connectivity index (χ1v) is 13.5. The first-order valence-electron chi connectivity index (χ1n) is 11.5. The highest BCUT2D eigenvalue weighted by Gasteiger charge is 2.42. The van der Waals surface area contributed by atoms with Crippen LogP contribution in [0.5, 0.6) is 0 Å². The van der Waals surface area contributed by atoms with E-state index in [9.17, 15) is 38.8 Å². The summed E-state index contributed by atoms with van der Waals surface area (Å²) >= 11 is 2.22. The molecule has 0 aromatic rings. The lowest BCUT2D eigenvalue weighted by Crippen LogP contribution is -2.49. The van der Waals surface area contributed by atoms with Crippen molar-refractivity contribution in [3.05, 3.63) is 4.91 Å². The molecule has 0 radical (unpaired) electrons. The molecule has 2 saturated heterocycles. The maximum atomic E-state index is 12.2. The number of nitrogens with one attached hydrogen (secondary N) is 5. The molecular weight excluding hydrogens is 532 g/mol. The van der Waals surface area contributed by atoms with Gasteiger partial charge in [-0.2, -0.15) is 11.8 Å². The van der Waals surface area contributed by atoms with Gasteiger partial charge in [-0.3, -0.25) is 19.2 Å². The summed E-state index contributed by atoms with van der Waals surface area (Å²) in [5.74, 6) is -4.07. The van der Waals surface area contributed by atoms with E-state index in [1.165, 1.54) is 0 Å². The number of nitroso groups, excluding NO2 is 1. The van der Waals surface area contributed by atoms with Gasteiger partial charge in [0.15, 0.2) is 0 Å². The number of hydrogen-bond donors (Lipinski definition) is 7. The molecule has 2 fully saturated rings. The quantitative estimate of drug-likeness (QED) is 0.0500. The predicted molar refractivity (Wildman–Crippen MR) is 134 cm³/mol. The van der Waals surface area contributed by atoms with Gasteiger partial charge in [-0.25, -0.2) is 9.59 Å². The first kappa shape index (κ1) is 30.1. The van der Waals surface area contributed by atoms with E-state index in [2.05, 4.69) is 31.2 Å². The molecule has 2 rings (SSSR count). The Morgan fingerprint density at radius 3 is 2.43 bits per heavy atom. The number of unbranched alkanes of at least 4 members (excludes halogenated alkanes) is 1. The van der Waals surface area contributed by atoms with Crippen molar-refractivity contribution < 1.29 is 39.0 Å². The van der Waals surface area contributed by atoms with Crippen molar-refractivity contribution in [3.8, 4) is 0 Å². The Hall–Kier alpha value is -3.08. The second kappa shape index (κ2) is 15.2. The van der Waals surface area contributed by atoms with Gasteiger partial charge < -0.3 is 36.8 Å². The van der Waals surface area contributed by atoms with Gasteiger partial charge in [-0.15, -0.1) is 4.91 Å². The molecule has 206 valence electrons. The summed E-state index contributed by atoms with van der Waals surface area (Å²) in [6.07, 6.45) is 1.58. The van der Waals surface area contributed by atoms with Gasteiger partial charge in [0, 0.05) is 46.1 Å². The van der Waals surface area contributed by atoms with Gasteiger partial charge in [0.1, 0.15) is 18.6 Å². The van der Waals surface area contributed by atoms with Crippen LogP contribution >= 0.6 is 23.7 Å². The van der Waals surface area contributed by atoms with Gasteiger partial charge in [0.2, 0.25) is 17.7 Å². The molecule has 0 saturated carbocycles. The van der Waals surface area contributed by atoms with E-state index in [4.69, 9.17) is 5.11 Å². The normalized spacial score (nSPS) is 21.5. The highest BCUT2D eigenvalue weighted by Crippen LogP contribution is 2.33. The number of fused-ring (bicyclic) bond motifs is 1. The summed E-state index contributed by atoms with van der Waals surface area (Å²) in [6, 6.07) is -2.55. The lowest BCUT2D eigenvalue weighted by atomic mass is 10.0. The Labute approximate surface area is 220 Å². The molecule has 2 aliphatic heterocycles. The third-order valence-corrected chi connectivity index (χ3v) is 7.83. The molecule has 15 nitrogen and oxygen atoms in total. The smallest absolute Gasteiger partial charge is 0.326 e. The molecular formula is C20H30N6O9S2. The fourth-order valence-electron chi connectivity index (χ4n) is 3.91. The van der Waals surface area contributed by atoms with Crippen LogP contribution in [0.4, 0.5) is 4.79 Å². The molecule has 0 aromatic carbocycles. The van der Waals surface area contributed by atoms with E-state index in [1.807, 2.05) is 0 Å². The largest absolute Gasteiger partial charge is 0.480 e. The molecule has 1 unspecified atom stereocenters. The minimum atomic E-state index is -1.32. The van der Waals surface area contributed by atoms with Gasteiger partial charge in [0.25, 0.3) is 0 Å². The van der Waals surface area contributed by atoms with Crippen molar-refractivity contribution in [2.45, 2.75) is 67.9 Å². The van der Waals surface area contributed by atoms with Crippen LogP contribution in [0.1, 0.15) is 38.5 Å². The number of amides is 5. The Balaban J connectivity index is 1.72. The van der Waals surface area contributed by atoms with Crippen LogP contribution < -0.4 is 26.6 Å². The minimum absolute atomic E-state index is 0.0741. The average Bonchev–Trinajstić information content (AvgIpc) is 3.39. The van der Waals surface area contributed by atoms with Gasteiger partial charge in [-0.05, 0) is 19.3 Å². The second-order valence-corrected chi connectivity index (χ2v) is 10.5. The summed E-state index contributed by atoms with van der Waals surface area (Å²) in [7, 11) is 0. The number of carbonyl (C=O) groups is 6. The number of carbonyl (C=O) groups excluding carboxylic acids is 4. The maximum Gasteiger partial charge on any atom is 0.326 e. The van der Waals surface area contributed by atoms with Crippen molar-refractivity contribution in [3.63, 3.8) is 0 Å². The van der Waals surface area contributed by atoms with Crippen LogP contribution in [-0.2, 0) is 24.0 Å². The zero-order chi connectivity index (χ0) is 27.4. The van der Waals surface area contributed by atoms with Crippen molar-refractivity contribution in [1.82, 2.24) is 26.6 Å². The molecule has 37 heavy (non-hydrogen) atoms. The number of carboxylic acids is 2. The second-order valence-electron chi connectivity index (χ2n) is 8.47. The number of hydrogen-bond acceptors (Lipinski definition) is 10. The van der Waals surface area contributed by atoms with E-state index in [0.29, 0.717) is 18.4 Å². The highest BCUT2D eigenvalue weighted by atomic mass is 32.2. The van der Waals surface area contributed by atoms with Crippen molar-refractivity contribution in [2.24, 2.45) is 4.58 Å². The highest BCUT2D eigenvalue weighted by molar-refractivity contribution is 8.00. The van der Waals surface area contributed by atoms with Crippen molar-refractivity contribution >= 4 is 59.4 Å². The molecule has 2 heterocycles. The van der Waals surface area contributed by atoms with E-state index in [-0.39, 0.29) is 48.4 Å². The molecule has 0 aliphatic carbocycles. The average molecular weight is 563 g/mol. The van der Waals surface area contributed by atoms with Crippen LogP contribution in [0, 0.1) is 4.91 Å². The Bertz CT molecular complexity index is 892. The van der Waals surface area contributed by atoms with Crippen molar-refractivity contribution in [2.75, 3.05) is 18.1 Å².